The molecule has 1 aliphatic carbocycles. The first-order valence-electron chi connectivity index (χ1n) is 17.8. The Balaban J connectivity index is 0.000000246. The molecule has 0 spiro atoms. The molecule has 1 saturated carbocycles. The second-order valence-corrected chi connectivity index (χ2v) is 13.8. The van der Waals surface area contributed by atoms with Crippen molar-refractivity contribution in [1.82, 2.24) is 20.0 Å². The third kappa shape index (κ3) is 7.34. The van der Waals surface area contributed by atoms with Gasteiger partial charge in [-0.1, -0.05) is 56.8 Å². The normalized spacial score (nSPS) is 17.5. The average molecular weight is 687 g/mol. The highest BCUT2D eigenvalue weighted by molar-refractivity contribution is 6.27. The minimum Gasteiger partial charge on any atom is -0.308 e. The summed E-state index contributed by atoms with van der Waals surface area (Å²) in [4.78, 5) is 57.6. The highest BCUT2D eigenvalue weighted by atomic mass is 16.2. The van der Waals surface area contributed by atoms with E-state index in [1.165, 1.54) is 30.6 Å². The molecule has 1 fully saturated rings. The molecule has 4 aromatic carbocycles. The predicted octanol–water partition coefficient (Wildman–Crippen LogP) is 6.41. The first kappa shape index (κ1) is 35.6. The maximum absolute atomic E-state index is 13.4. The number of benzene rings is 4. The van der Waals surface area contributed by atoms with Crippen molar-refractivity contribution in [3.8, 4) is 0 Å². The molecule has 4 aromatic rings. The van der Waals surface area contributed by atoms with Crippen LogP contribution in [0.5, 0.6) is 0 Å². The molecule has 264 valence electrons. The van der Waals surface area contributed by atoms with Gasteiger partial charge in [-0.25, -0.2) is 0 Å². The van der Waals surface area contributed by atoms with Crippen molar-refractivity contribution in [2.75, 3.05) is 51.2 Å². The van der Waals surface area contributed by atoms with Crippen LogP contribution in [0.15, 0.2) is 79.5 Å². The van der Waals surface area contributed by atoms with Crippen LogP contribution in [-0.4, -0.2) is 91.0 Å². The molecule has 2 heterocycles. The minimum atomic E-state index is -0.315. The molecule has 10 heteroatoms. The van der Waals surface area contributed by atoms with Gasteiger partial charge in [0.25, 0.3) is 23.6 Å². The largest absolute Gasteiger partial charge is 0.308 e. The molecular formula is C41H46N6O4. The fourth-order valence-corrected chi connectivity index (χ4v) is 7.28. The topological polar surface area (TPSA) is 117 Å². The number of amides is 4. The third-order valence-electron chi connectivity index (χ3n) is 10.2. The molecule has 2 N–H and O–H groups in total. The number of hydrogen-bond donors (Lipinski definition) is 2. The summed E-state index contributed by atoms with van der Waals surface area (Å²) in [7, 11) is 2.06. The Morgan fingerprint density at radius 1 is 0.843 bits per heavy atom. The van der Waals surface area contributed by atoms with Crippen molar-refractivity contribution >= 4 is 57.2 Å². The maximum Gasteiger partial charge on any atom is 0.261 e. The lowest BCUT2D eigenvalue weighted by atomic mass is 9.92. The standard InChI is InChI=1S/C29H39N5O2.C12H7NO2/c1-5-13-32(19-22-18-21(22)3)15-8-14-31(4)16-17-34-28(35)24-10-7-9-23-26(33(6-2)20-30)12-11-25(27(23)24)29(34)36;14-11-8-5-1-3-7-4-2-6-9(10(7)8)12(15)13-11/h6-7,9-12,20-22,30H,2,5,8,13-19H2,1,3-4H3;1-6H,(H,13,14,15). The van der Waals surface area contributed by atoms with E-state index in [9.17, 15) is 19.2 Å². The quantitative estimate of drug-likeness (QED) is 0.0895. The number of carbonyl (C=O) groups excluding carboxylic acids is 4. The maximum atomic E-state index is 13.4. The number of anilines is 1. The van der Waals surface area contributed by atoms with Gasteiger partial charge in [-0.2, -0.15) is 0 Å². The van der Waals surface area contributed by atoms with E-state index in [1.807, 2.05) is 42.5 Å². The monoisotopic (exact) mass is 686 g/mol. The van der Waals surface area contributed by atoms with Gasteiger partial charge in [0.2, 0.25) is 0 Å². The molecule has 51 heavy (non-hydrogen) atoms. The van der Waals surface area contributed by atoms with Gasteiger partial charge < -0.3 is 14.7 Å². The molecule has 3 aliphatic rings. The summed E-state index contributed by atoms with van der Waals surface area (Å²) >= 11 is 0. The molecular weight excluding hydrogens is 640 g/mol. The van der Waals surface area contributed by atoms with Crippen LogP contribution in [0.2, 0.25) is 0 Å². The van der Waals surface area contributed by atoms with Gasteiger partial charge in [-0.3, -0.25) is 34.8 Å². The van der Waals surface area contributed by atoms with Crippen LogP contribution in [-0.2, 0) is 0 Å². The van der Waals surface area contributed by atoms with Crippen molar-refractivity contribution in [1.29, 1.82) is 5.41 Å². The molecule has 0 saturated heterocycles. The van der Waals surface area contributed by atoms with Crippen LogP contribution in [0.4, 0.5) is 5.69 Å². The Morgan fingerprint density at radius 2 is 1.47 bits per heavy atom. The summed E-state index contributed by atoms with van der Waals surface area (Å²) in [5.41, 5.74) is 2.93. The molecule has 7 rings (SSSR count). The fourth-order valence-electron chi connectivity index (χ4n) is 7.28. The lowest BCUT2D eigenvalue weighted by Gasteiger charge is -2.30. The first-order valence-corrected chi connectivity index (χ1v) is 17.8. The summed E-state index contributed by atoms with van der Waals surface area (Å²) in [5, 5.41) is 13.1. The Labute approximate surface area is 299 Å². The van der Waals surface area contributed by atoms with E-state index < -0.39 is 0 Å². The van der Waals surface area contributed by atoms with Gasteiger partial charge in [0.15, 0.2) is 0 Å². The van der Waals surface area contributed by atoms with Crippen molar-refractivity contribution in [2.45, 2.75) is 33.1 Å². The van der Waals surface area contributed by atoms with Crippen LogP contribution in [0, 0.1) is 17.2 Å². The van der Waals surface area contributed by atoms with E-state index in [2.05, 4.69) is 42.6 Å². The van der Waals surface area contributed by atoms with Gasteiger partial charge in [0, 0.05) is 64.2 Å². The first-order chi connectivity index (χ1) is 24.7. The van der Waals surface area contributed by atoms with Gasteiger partial charge >= 0.3 is 0 Å². The van der Waals surface area contributed by atoms with Gasteiger partial charge in [-0.15, -0.1) is 0 Å². The second kappa shape index (κ2) is 15.4. The summed E-state index contributed by atoms with van der Waals surface area (Å²) in [6.45, 7) is 13.8. The number of nitrogens with zero attached hydrogens (tertiary/aromatic N) is 4. The summed E-state index contributed by atoms with van der Waals surface area (Å²) in [6, 6.07) is 20.0. The van der Waals surface area contributed by atoms with Gasteiger partial charge in [0.05, 0.1) is 12.0 Å². The summed E-state index contributed by atoms with van der Waals surface area (Å²) in [5.74, 6) is 0.617. The number of likely N-dealkylation sites (N-methyl/N-ethyl adjacent to an activating group) is 1. The molecule has 0 aromatic heterocycles. The minimum absolute atomic E-state index is 0.253. The zero-order chi connectivity index (χ0) is 36.2. The molecule has 10 nitrogen and oxygen atoms in total. The smallest absolute Gasteiger partial charge is 0.261 e. The van der Waals surface area contributed by atoms with Crippen LogP contribution in [0.1, 0.15) is 74.5 Å². The van der Waals surface area contributed by atoms with Crippen molar-refractivity contribution in [3.63, 3.8) is 0 Å². The fraction of sp³-hybridized carbons (Fsp3) is 0.341. The van der Waals surface area contributed by atoms with E-state index in [-0.39, 0.29) is 23.6 Å². The highest BCUT2D eigenvalue weighted by Crippen LogP contribution is 2.38. The Morgan fingerprint density at radius 3 is 2.08 bits per heavy atom. The highest BCUT2D eigenvalue weighted by Gasteiger charge is 2.35. The SMILES string of the molecule is C=CN(C=N)c1ccc2c3c(cccc13)C(=O)N(CCN(C)CCCN(CCC)CC1CC1C)C2=O.O=C1NC(=O)c2cccc3cccc1c23. The molecule has 2 atom stereocenters. The summed E-state index contributed by atoms with van der Waals surface area (Å²) in [6.07, 6.45) is 6.33. The zero-order valence-electron chi connectivity index (χ0n) is 29.7. The molecule has 0 radical (unpaired) electrons. The molecule has 2 aliphatic heterocycles. The van der Waals surface area contributed by atoms with Gasteiger partial charge in [-0.05, 0) is 93.5 Å². The van der Waals surface area contributed by atoms with E-state index in [4.69, 9.17) is 5.41 Å². The van der Waals surface area contributed by atoms with Crippen LogP contribution in [0.3, 0.4) is 0 Å². The lowest BCUT2D eigenvalue weighted by molar-refractivity contribution is 0.0595. The number of hydrogen-bond acceptors (Lipinski definition) is 7. The summed E-state index contributed by atoms with van der Waals surface area (Å²) < 4.78 is 0. The van der Waals surface area contributed by atoms with E-state index in [0.29, 0.717) is 40.7 Å². The van der Waals surface area contributed by atoms with Crippen molar-refractivity contribution in [2.24, 2.45) is 11.8 Å². The number of carbonyl (C=O) groups is 4. The Hall–Kier alpha value is -5.19. The van der Waals surface area contributed by atoms with Crippen molar-refractivity contribution in [3.05, 3.63) is 102 Å². The predicted molar refractivity (Wildman–Crippen MR) is 203 cm³/mol. The number of nitrogens with one attached hydrogen (secondary N) is 2. The second-order valence-electron chi connectivity index (χ2n) is 13.8. The van der Waals surface area contributed by atoms with Crippen LogP contribution >= 0.6 is 0 Å². The third-order valence-corrected chi connectivity index (χ3v) is 10.2. The Kier molecular flexibility index (Phi) is 10.7. The van der Waals surface area contributed by atoms with E-state index in [0.717, 1.165) is 59.7 Å². The Bertz CT molecular complexity index is 1950. The van der Waals surface area contributed by atoms with E-state index >= 15 is 0 Å². The number of imide groups is 2. The lowest BCUT2D eigenvalue weighted by Crippen LogP contribution is -2.44. The zero-order valence-corrected chi connectivity index (χ0v) is 29.7. The van der Waals surface area contributed by atoms with Gasteiger partial charge in [0.1, 0.15) is 0 Å². The average Bonchev–Trinajstić information content (AvgIpc) is 3.83. The van der Waals surface area contributed by atoms with E-state index in [1.54, 1.807) is 35.4 Å². The molecule has 2 unspecified atom stereocenters. The van der Waals surface area contributed by atoms with Crippen LogP contribution in [0.25, 0.3) is 21.5 Å². The number of rotatable bonds is 14. The van der Waals surface area contributed by atoms with Crippen LogP contribution < -0.4 is 10.2 Å². The van der Waals surface area contributed by atoms with Crippen molar-refractivity contribution < 1.29 is 19.2 Å². The molecule has 0 bridgehead atoms. The molecule has 4 amide bonds.